The highest BCUT2D eigenvalue weighted by atomic mass is 16.5. The number of amides is 1. The first-order valence-corrected chi connectivity index (χ1v) is 10.1. The molecular formula is C22H22N6O3. The lowest BCUT2D eigenvalue weighted by Gasteiger charge is -2.24. The lowest BCUT2D eigenvalue weighted by molar-refractivity contribution is 0.102. The highest BCUT2D eigenvalue weighted by Gasteiger charge is 2.19. The maximum atomic E-state index is 12.9. The number of imidazole rings is 1. The first kappa shape index (κ1) is 19.3. The van der Waals surface area contributed by atoms with Gasteiger partial charge < -0.3 is 19.5 Å². The van der Waals surface area contributed by atoms with Gasteiger partial charge in [-0.1, -0.05) is 17.3 Å². The van der Waals surface area contributed by atoms with Crippen LogP contribution in [0, 0.1) is 13.8 Å². The molecule has 3 aromatic heterocycles. The molecule has 5 rings (SSSR count). The van der Waals surface area contributed by atoms with Crippen LogP contribution in [0.2, 0.25) is 0 Å². The van der Waals surface area contributed by atoms with Gasteiger partial charge in [0.15, 0.2) is 0 Å². The van der Waals surface area contributed by atoms with Gasteiger partial charge in [0.2, 0.25) is 5.82 Å². The topological polar surface area (TPSA) is 97.8 Å². The molecule has 0 saturated carbocycles. The molecule has 1 amide bonds. The van der Waals surface area contributed by atoms with Crippen LogP contribution in [-0.2, 0) is 4.74 Å². The number of nitrogens with zero attached hydrogens (tertiary/aromatic N) is 5. The minimum absolute atomic E-state index is 0.237. The van der Waals surface area contributed by atoms with Crippen LogP contribution < -0.4 is 10.2 Å². The van der Waals surface area contributed by atoms with Crippen molar-refractivity contribution in [1.82, 2.24) is 19.5 Å². The van der Waals surface area contributed by atoms with Gasteiger partial charge in [0, 0.05) is 30.5 Å². The van der Waals surface area contributed by atoms with E-state index in [0.29, 0.717) is 36.4 Å². The summed E-state index contributed by atoms with van der Waals surface area (Å²) in [6.07, 6.45) is 3.43. The number of benzene rings is 1. The number of morpholine rings is 1. The zero-order valence-electron chi connectivity index (χ0n) is 17.3. The van der Waals surface area contributed by atoms with E-state index in [1.807, 2.05) is 55.3 Å². The second-order valence-electron chi connectivity index (χ2n) is 7.56. The third-order valence-electron chi connectivity index (χ3n) is 5.34. The molecule has 0 atom stereocenters. The van der Waals surface area contributed by atoms with E-state index in [0.717, 1.165) is 35.4 Å². The van der Waals surface area contributed by atoms with Crippen LogP contribution >= 0.6 is 0 Å². The number of fused-ring (bicyclic) bond motifs is 1. The van der Waals surface area contributed by atoms with Crippen LogP contribution in [0.25, 0.3) is 17.0 Å². The van der Waals surface area contributed by atoms with E-state index >= 15 is 0 Å². The number of hydrogen-bond acceptors (Lipinski definition) is 7. The summed E-state index contributed by atoms with van der Waals surface area (Å²) in [4.78, 5) is 23.8. The molecule has 0 radical (unpaired) electrons. The average molecular weight is 418 g/mol. The van der Waals surface area contributed by atoms with Gasteiger partial charge in [-0.2, -0.15) is 4.98 Å². The van der Waals surface area contributed by atoms with Crippen molar-refractivity contribution in [3.63, 3.8) is 0 Å². The van der Waals surface area contributed by atoms with Gasteiger partial charge in [-0.05, 0) is 43.2 Å². The van der Waals surface area contributed by atoms with Gasteiger partial charge >= 0.3 is 6.01 Å². The molecule has 1 aromatic carbocycles. The Hall–Kier alpha value is -3.72. The summed E-state index contributed by atoms with van der Waals surface area (Å²) in [5, 5.41) is 7.10. The Balaban J connectivity index is 1.39. The number of aryl methyl sites for hydroxylation is 2. The second-order valence-corrected chi connectivity index (χ2v) is 7.56. The average Bonchev–Trinajstić information content (AvgIpc) is 3.43. The molecule has 0 spiro atoms. The number of rotatable bonds is 4. The van der Waals surface area contributed by atoms with E-state index in [9.17, 15) is 4.79 Å². The number of carbonyl (C=O) groups excluding carboxylic acids is 1. The van der Waals surface area contributed by atoms with E-state index in [1.54, 1.807) is 10.6 Å². The molecule has 1 aliphatic rings. The summed E-state index contributed by atoms with van der Waals surface area (Å²) in [7, 11) is 0. The molecule has 9 nitrogen and oxygen atoms in total. The highest BCUT2D eigenvalue weighted by Crippen LogP contribution is 2.26. The molecule has 1 fully saturated rings. The Labute approximate surface area is 178 Å². The van der Waals surface area contributed by atoms with Crippen molar-refractivity contribution < 1.29 is 14.1 Å². The number of pyridine rings is 1. The number of aromatic nitrogens is 4. The number of nitrogens with one attached hydrogen (secondary N) is 1. The van der Waals surface area contributed by atoms with E-state index in [1.165, 1.54) is 0 Å². The first-order valence-electron chi connectivity index (χ1n) is 10.1. The minimum atomic E-state index is -0.237. The predicted molar refractivity (Wildman–Crippen MR) is 115 cm³/mol. The molecule has 1 saturated heterocycles. The third-order valence-corrected chi connectivity index (χ3v) is 5.34. The van der Waals surface area contributed by atoms with E-state index in [2.05, 4.69) is 20.4 Å². The van der Waals surface area contributed by atoms with Crippen molar-refractivity contribution in [3.8, 4) is 11.4 Å². The van der Waals surface area contributed by atoms with Gasteiger partial charge in [-0.3, -0.25) is 9.20 Å². The fraction of sp³-hybridized carbons (Fsp3) is 0.273. The monoisotopic (exact) mass is 418 g/mol. The van der Waals surface area contributed by atoms with Crippen molar-refractivity contribution in [3.05, 3.63) is 59.5 Å². The number of anilines is 2. The van der Waals surface area contributed by atoms with Crippen molar-refractivity contribution in [2.45, 2.75) is 13.8 Å². The zero-order valence-corrected chi connectivity index (χ0v) is 17.3. The van der Waals surface area contributed by atoms with Gasteiger partial charge in [-0.15, -0.1) is 0 Å². The van der Waals surface area contributed by atoms with Crippen molar-refractivity contribution in [1.29, 1.82) is 0 Å². The van der Waals surface area contributed by atoms with Crippen LogP contribution in [0.5, 0.6) is 0 Å². The fourth-order valence-corrected chi connectivity index (χ4v) is 3.55. The van der Waals surface area contributed by atoms with E-state index < -0.39 is 0 Å². The van der Waals surface area contributed by atoms with Gasteiger partial charge in [0.25, 0.3) is 5.91 Å². The molecule has 31 heavy (non-hydrogen) atoms. The van der Waals surface area contributed by atoms with Crippen molar-refractivity contribution >= 4 is 23.3 Å². The lowest BCUT2D eigenvalue weighted by atomic mass is 10.1. The zero-order chi connectivity index (χ0) is 21.4. The van der Waals surface area contributed by atoms with Crippen LogP contribution in [0.3, 0.4) is 0 Å². The first-order chi connectivity index (χ1) is 15.1. The van der Waals surface area contributed by atoms with Crippen LogP contribution in [0.1, 0.15) is 21.6 Å². The summed E-state index contributed by atoms with van der Waals surface area (Å²) in [5.41, 5.74) is 4.66. The number of hydrogen-bond donors (Lipinski definition) is 1. The Bertz CT molecular complexity index is 1260. The predicted octanol–water partition coefficient (Wildman–Crippen LogP) is 3.09. The fourth-order valence-electron chi connectivity index (χ4n) is 3.55. The SMILES string of the molecule is Cc1ccn2c(C(=O)Nc3cc(-c4noc(N5CCOCC5)n4)ccc3C)cnc2c1. The quantitative estimate of drug-likeness (QED) is 0.544. The Morgan fingerprint density at radius 1 is 1.13 bits per heavy atom. The third kappa shape index (κ3) is 3.75. The molecule has 1 aliphatic heterocycles. The Morgan fingerprint density at radius 3 is 2.81 bits per heavy atom. The molecule has 0 unspecified atom stereocenters. The van der Waals surface area contributed by atoms with Gasteiger partial charge in [-0.25, -0.2) is 4.98 Å². The van der Waals surface area contributed by atoms with Gasteiger partial charge in [0.1, 0.15) is 11.3 Å². The van der Waals surface area contributed by atoms with E-state index in [-0.39, 0.29) is 5.91 Å². The van der Waals surface area contributed by atoms with Crippen molar-refractivity contribution in [2.24, 2.45) is 0 Å². The summed E-state index contributed by atoms with van der Waals surface area (Å²) in [5.74, 6) is 0.237. The molecule has 158 valence electrons. The molecular weight excluding hydrogens is 396 g/mol. The van der Waals surface area contributed by atoms with Crippen LogP contribution in [-0.4, -0.2) is 51.7 Å². The smallest absolute Gasteiger partial charge is 0.324 e. The standard InChI is InChI=1S/C22H22N6O3/c1-14-5-6-28-18(13-23-19(28)11-14)21(29)24-17-12-16(4-3-15(17)2)20-25-22(31-26-20)27-7-9-30-10-8-27/h3-6,11-13H,7-10H2,1-2H3,(H,24,29). The molecule has 4 aromatic rings. The largest absolute Gasteiger partial charge is 0.378 e. The Morgan fingerprint density at radius 2 is 1.97 bits per heavy atom. The van der Waals surface area contributed by atoms with Crippen molar-refractivity contribution in [2.75, 3.05) is 36.5 Å². The lowest BCUT2D eigenvalue weighted by Crippen LogP contribution is -2.36. The second kappa shape index (κ2) is 7.84. The maximum Gasteiger partial charge on any atom is 0.324 e. The van der Waals surface area contributed by atoms with E-state index in [4.69, 9.17) is 9.26 Å². The van der Waals surface area contributed by atoms with Crippen LogP contribution in [0.4, 0.5) is 11.7 Å². The minimum Gasteiger partial charge on any atom is -0.378 e. The molecule has 0 bridgehead atoms. The summed E-state index contributed by atoms with van der Waals surface area (Å²) < 4.78 is 12.6. The highest BCUT2D eigenvalue weighted by molar-refractivity contribution is 6.04. The molecule has 1 N–H and O–H groups in total. The maximum absolute atomic E-state index is 12.9. The summed E-state index contributed by atoms with van der Waals surface area (Å²) in [6.45, 7) is 6.65. The van der Waals surface area contributed by atoms with Gasteiger partial charge in [0.05, 0.1) is 19.4 Å². The Kier molecular flexibility index (Phi) is 4.87. The molecule has 9 heteroatoms. The number of carbonyl (C=O) groups is 1. The molecule has 4 heterocycles. The summed E-state index contributed by atoms with van der Waals surface area (Å²) in [6, 6.07) is 10.0. The normalized spacial score (nSPS) is 14.2. The molecule has 0 aliphatic carbocycles. The summed E-state index contributed by atoms with van der Waals surface area (Å²) >= 11 is 0. The number of ether oxygens (including phenoxy) is 1. The van der Waals surface area contributed by atoms with Crippen LogP contribution in [0.15, 0.2) is 47.2 Å².